The number of carbonyl (C=O) groups is 1. The molecule has 0 unspecified atom stereocenters. The van der Waals surface area contributed by atoms with Gasteiger partial charge in [-0.3, -0.25) is 9.89 Å². The van der Waals surface area contributed by atoms with E-state index in [1.165, 1.54) is 12.1 Å². The van der Waals surface area contributed by atoms with E-state index < -0.39 is 5.82 Å². The third kappa shape index (κ3) is 4.28. The van der Waals surface area contributed by atoms with Crippen molar-refractivity contribution in [3.63, 3.8) is 0 Å². The van der Waals surface area contributed by atoms with Gasteiger partial charge in [-0.15, -0.1) is 5.10 Å². The van der Waals surface area contributed by atoms with Crippen LogP contribution in [0.4, 0.5) is 10.2 Å². The molecule has 41 heavy (non-hydrogen) atoms. The monoisotopic (exact) mass is 573 g/mol. The number of piperidine rings is 1. The number of hydrogen-bond acceptors (Lipinski definition) is 6. The molecule has 210 valence electrons. The van der Waals surface area contributed by atoms with E-state index in [2.05, 4.69) is 26.3 Å². The number of fused-ring (bicyclic) bond motifs is 3. The summed E-state index contributed by atoms with van der Waals surface area (Å²) in [4.78, 5) is 22.4. The first-order chi connectivity index (χ1) is 20.0. The van der Waals surface area contributed by atoms with Crippen LogP contribution in [0.1, 0.15) is 43.0 Å². The van der Waals surface area contributed by atoms with E-state index in [-0.39, 0.29) is 22.0 Å². The highest BCUT2D eigenvalue weighted by atomic mass is 35.5. The zero-order valence-electron chi connectivity index (χ0n) is 22.6. The predicted octanol–water partition coefficient (Wildman–Crippen LogP) is 5.74. The van der Waals surface area contributed by atoms with Crippen molar-refractivity contribution in [3.8, 4) is 16.9 Å². The first-order valence-corrected chi connectivity index (χ1v) is 14.3. The summed E-state index contributed by atoms with van der Waals surface area (Å²) in [6.45, 7) is 4.63. The van der Waals surface area contributed by atoms with Crippen molar-refractivity contribution < 1.29 is 13.9 Å². The average molecular weight is 574 g/mol. The lowest BCUT2D eigenvalue weighted by Crippen LogP contribution is -2.54. The van der Waals surface area contributed by atoms with Gasteiger partial charge >= 0.3 is 0 Å². The number of aromatic amines is 1. The molecule has 0 radical (unpaired) electrons. The normalized spacial score (nSPS) is 16.8. The highest BCUT2D eigenvalue weighted by Gasteiger charge is 2.46. The summed E-state index contributed by atoms with van der Waals surface area (Å²) in [6, 6.07) is 10.5. The summed E-state index contributed by atoms with van der Waals surface area (Å²) in [5.41, 5.74) is 3.25. The summed E-state index contributed by atoms with van der Waals surface area (Å²) in [5, 5.41) is 12.8. The van der Waals surface area contributed by atoms with Gasteiger partial charge in [0.05, 0.1) is 40.5 Å². The smallest absolute Gasteiger partial charge is 0.258 e. The topological polar surface area (TPSA) is 91.6 Å². The molecule has 4 aromatic heterocycles. The number of aromatic nitrogens is 5. The first kappa shape index (κ1) is 25.8. The molecule has 7 rings (SSSR count). The number of halogens is 2. The number of rotatable bonds is 5. The Morgan fingerprint density at radius 2 is 2.00 bits per heavy atom. The van der Waals surface area contributed by atoms with Crippen LogP contribution in [0.2, 0.25) is 5.02 Å². The summed E-state index contributed by atoms with van der Waals surface area (Å²) in [5.74, 6) is 0.731. The molecule has 0 atom stereocenters. The Hall–Kier alpha value is -4.18. The maximum atomic E-state index is 14.6. The lowest BCUT2D eigenvalue weighted by Gasteiger charge is -2.45. The number of nitrogens with zero attached hydrogens (tertiary/aromatic N) is 6. The van der Waals surface area contributed by atoms with Crippen LogP contribution in [0.3, 0.4) is 0 Å². The molecule has 1 spiro atoms. The summed E-state index contributed by atoms with van der Waals surface area (Å²) < 4.78 is 22.2. The van der Waals surface area contributed by atoms with E-state index in [1.807, 2.05) is 40.9 Å². The Kier molecular flexibility index (Phi) is 6.30. The molecule has 2 aliphatic rings. The molecule has 0 bridgehead atoms. The number of benzene rings is 1. The third-order valence-electron chi connectivity index (χ3n) is 8.51. The lowest BCUT2D eigenvalue weighted by molar-refractivity contribution is 0.0531. The van der Waals surface area contributed by atoms with Gasteiger partial charge in [-0.2, -0.15) is 5.10 Å². The van der Waals surface area contributed by atoms with Gasteiger partial charge in [-0.05, 0) is 62.9 Å². The number of carbonyl (C=O) groups excluding carboxylic acids is 1. The van der Waals surface area contributed by atoms with Crippen molar-refractivity contribution in [3.05, 3.63) is 71.4 Å². The molecule has 0 aliphatic carbocycles. The standard InChI is InChI=1S/C30H29ClFN7O2/c1-2-41-20-15-21(27-22-17-34-35-28(22)36-39(27)18-20)19-7-8-25(33-16-19)37-13-10-30(11-14-37)9-4-12-38(30)29(40)26-23(31)5-3-6-24(26)32/h3,5-8,15-18H,2,4,9-14H2,1H3,(H,35,36). The Morgan fingerprint density at radius 3 is 2.76 bits per heavy atom. The molecule has 6 heterocycles. The van der Waals surface area contributed by atoms with Gasteiger partial charge in [0.25, 0.3) is 5.91 Å². The second-order valence-corrected chi connectivity index (χ2v) is 11.1. The highest BCUT2D eigenvalue weighted by Crippen LogP contribution is 2.41. The molecule has 1 aromatic carbocycles. The fourth-order valence-electron chi connectivity index (χ4n) is 6.50. The van der Waals surface area contributed by atoms with Crippen LogP contribution in [-0.2, 0) is 0 Å². The van der Waals surface area contributed by atoms with Crippen molar-refractivity contribution >= 4 is 39.9 Å². The average Bonchev–Trinajstić information content (AvgIpc) is 3.68. The van der Waals surface area contributed by atoms with Gasteiger partial charge < -0.3 is 14.5 Å². The minimum Gasteiger partial charge on any atom is -0.492 e. The van der Waals surface area contributed by atoms with Crippen molar-refractivity contribution in [1.82, 2.24) is 29.7 Å². The van der Waals surface area contributed by atoms with Crippen molar-refractivity contribution in [2.45, 2.75) is 38.1 Å². The zero-order valence-corrected chi connectivity index (χ0v) is 23.4. The van der Waals surface area contributed by atoms with Gasteiger partial charge in [0.15, 0.2) is 5.65 Å². The van der Waals surface area contributed by atoms with Crippen molar-refractivity contribution in [2.24, 2.45) is 0 Å². The Labute approximate surface area is 240 Å². The number of likely N-dealkylation sites (tertiary alicyclic amines) is 1. The van der Waals surface area contributed by atoms with Gasteiger partial charge in [-0.1, -0.05) is 17.7 Å². The van der Waals surface area contributed by atoms with E-state index in [1.54, 1.807) is 12.3 Å². The van der Waals surface area contributed by atoms with Gasteiger partial charge in [0.1, 0.15) is 17.4 Å². The minimum absolute atomic E-state index is 0.0245. The lowest BCUT2D eigenvalue weighted by atomic mass is 9.84. The summed E-state index contributed by atoms with van der Waals surface area (Å²) in [7, 11) is 0. The first-order valence-electron chi connectivity index (χ1n) is 13.9. The zero-order chi connectivity index (χ0) is 28.1. The number of pyridine rings is 2. The van der Waals surface area contributed by atoms with Crippen molar-refractivity contribution in [2.75, 3.05) is 31.1 Å². The number of H-pyrrole nitrogens is 1. The highest BCUT2D eigenvalue weighted by molar-refractivity contribution is 6.33. The van der Waals surface area contributed by atoms with Crippen LogP contribution in [0.5, 0.6) is 5.75 Å². The Balaban J connectivity index is 1.12. The molecule has 2 aliphatic heterocycles. The number of hydrogen-bond donors (Lipinski definition) is 1. The molecule has 2 fully saturated rings. The van der Waals surface area contributed by atoms with Crippen LogP contribution in [0.25, 0.3) is 27.7 Å². The number of amides is 1. The summed E-state index contributed by atoms with van der Waals surface area (Å²) in [6.07, 6.45) is 8.93. The number of ether oxygens (including phenoxy) is 1. The fourth-order valence-corrected chi connectivity index (χ4v) is 6.75. The Morgan fingerprint density at radius 1 is 1.15 bits per heavy atom. The van der Waals surface area contributed by atoms with Gasteiger partial charge in [0.2, 0.25) is 0 Å². The second kappa shape index (κ2) is 10.0. The number of anilines is 1. The largest absolute Gasteiger partial charge is 0.492 e. The van der Waals surface area contributed by atoms with Gasteiger partial charge in [0, 0.05) is 42.5 Å². The van der Waals surface area contributed by atoms with E-state index >= 15 is 0 Å². The third-order valence-corrected chi connectivity index (χ3v) is 8.82. The van der Waals surface area contributed by atoms with E-state index in [9.17, 15) is 9.18 Å². The van der Waals surface area contributed by atoms with E-state index in [0.29, 0.717) is 18.8 Å². The Bertz CT molecular complexity index is 1740. The van der Waals surface area contributed by atoms with Crippen LogP contribution < -0.4 is 9.64 Å². The maximum Gasteiger partial charge on any atom is 0.258 e. The molecule has 1 N–H and O–H groups in total. The molecule has 9 nitrogen and oxygen atoms in total. The second-order valence-electron chi connectivity index (χ2n) is 10.7. The predicted molar refractivity (Wildman–Crippen MR) is 155 cm³/mol. The van der Waals surface area contributed by atoms with E-state index in [4.69, 9.17) is 21.3 Å². The quantitative estimate of drug-likeness (QED) is 0.288. The SMILES string of the molecule is CCOc1cc(-c2ccc(N3CCC4(CCCN4C(=O)c4c(F)cccc4Cl)CC3)nc2)c2c3cn[nH]c3nn2c1. The van der Waals surface area contributed by atoms with Gasteiger partial charge in [-0.25, -0.2) is 13.9 Å². The molecule has 2 saturated heterocycles. The molecule has 5 aromatic rings. The molecular weight excluding hydrogens is 545 g/mol. The van der Waals surface area contributed by atoms with Crippen LogP contribution >= 0.6 is 11.6 Å². The van der Waals surface area contributed by atoms with Crippen LogP contribution in [0, 0.1) is 5.82 Å². The number of nitrogens with one attached hydrogen (secondary N) is 1. The minimum atomic E-state index is -0.570. The maximum absolute atomic E-state index is 14.6. The molecule has 11 heteroatoms. The van der Waals surface area contributed by atoms with Crippen molar-refractivity contribution in [1.29, 1.82) is 0 Å². The fraction of sp³-hybridized carbons (Fsp3) is 0.333. The summed E-state index contributed by atoms with van der Waals surface area (Å²) >= 11 is 6.24. The molecule has 1 amide bonds. The van der Waals surface area contributed by atoms with Crippen LogP contribution in [0.15, 0.2) is 55.0 Å². The van der Waals surface area contributed by atoms with Crippen LogP contribution in [-0.4, -0.2) is 67.4 Å². The molecular formula is C30H29ClFN7O2. The van der Waals surface area contributed by atoms with E-state index in [0.717, 1.165) is 72.4 Å². The molecule has 0 saturated carbocycles.